The van der Waals surface area contributed by atoms with Crippen molar-refractivity contribution in [3.8, 4) is 5.75 Å². The molecule has 0 bridgehead atoms. The highest BCUT2D eigenvalue weighted by atomic mass is 19.1. The zero-order valence-corrected chi connectivity index (χ0v) is 9.28. The minimum atomic E-state index is -0.406. The van der Waals surface area contributed by atoms with Crippen LogP contribution >= 0.6 is 0 Å². The third-order valence-corrected chi connectivity index (χ3v) is 2.95. The van der Waals surface area contributed by atoms with Gasteiger partial charge in [-0.15, -0.1) is 0 Å². The van der Waals surface area contributed by atoms with Crippen molar-refractivity contribution in [2.45, 2.75) is 31.8 Å². The van der Waals surface area contributed by atoms with Crippen LogP contribution in [0.25, 0.3) is 0 Å². The molecular formula is C13H16FNO. The SMILES string of the molecule is CC(NC1CC=CC1)c1ccc(F)cc1O. The normalized spacial score (nSPS) is 17.9. The monoisotopic (exact) mass is 221 g/mol. The molecule has 0 fully saturated rings. The zero-order valence-electron chi connectivity index (χ0n) is 9.28. The first kappa shape index (κ1) is 11.1. The van der Waals surface area contributed by atoms with Crippen molar-refractivity contribution in [2.24, 2.45) is 0 Å². The van der Waals surface area contributed by atoms with Crippen molar-refractivity contribution in [1.82, 2.24) is 5.32 Å². The van der Waals surface area contributed by atoms with Crippen LogP contribution in [0.2, 0.25) is 0 Å². The summed E-state index contributed by atoms with van der Waals surface area (Å²) in [4.78, 5) is 0. The van der Waals surface area contributed by atoms with Crippen LogP contribution in [0.5, 0.6) is 5.75 Å². The van der Waals surface area contributed by atoms with Crippen molar-refractivity contribution >= 4 is 0 Å². The van der Waals surface area contributed by atoms with E-state index in [0.29, 0.717) is 6.04 Å². The number of halogens is 1. The topological polar surface area (TPSA) is 32.3 Å². The molecule has 0 aromatic heterocycles. The van der Waals surface area contributed by atoms with E-state index in [4.69, 9.17) is 0 Å². The molecule has 0 spiro atoms. The summed E-state index contributed by atoms with van der Waals surface area (Å²) in [5.74, 6) is -0.387. The Labute approximate surface area is 94.8 Å². The molecule has 1 aromatic carbocycles. The minimum absolute atomic E-state index is 0.0194. The Hall–Kier alpha value is -1.35. The summed E-state index contributed by atoms with van der Waals surface area (Å²) in [5, 5.41) is 13.1. The summed E-state index contributed by atoms with van der Waals surface area (Å²) in [6, 6.07) is 4.62. The molecule has 0 saturated carbocycles. The molecule has 86 valence electrons. The zero-order chi connectivity index (χ0) is 11.5. The molecule has 1 unspecified atom stereocenters. The lowest BCUT2D eigenvalue weighted by Gasteiger charge is -2.20. The Kier molecular flexibility index (Phi) is 3.25. The van der Waals surface area contributed by atoms with E-state index in [1.54, 1.807) is 6.07 Å². The van der Waals surface area contributed by atoms with Crippen molar-refractivity contribution in [3.05, 3.63) is 41.7 Å². The number of rotatable bonds is 3. The molecular weight excluding hydrogens is 205 g/mol. The van der Waals surface area contributed by atoms with Crippen molar-refractivity contribution < 1.29 is 9.50 Å². The highest BCUT2D eigenvalue weighted by molar-refractivity contribution is 5.35. The number of benzene rings is 1. The standard InChI is InChI=1S/C13H16FNO/c1-9(15-11-4-2-3-5-11)12-7-6-10(14)8-13(12)16/h2-3,6-9,11,15-16H,4-5H2,1H3. The summed E-state index contributed by atoms with van der Waals surface area (Å²) < 4.78 is 12.8. The molecule has 1 aliphatic rings. The van der Waals surface area contributed by atoms with Gasteiger partial charge in [-0.3, -0.25) is 0 Å². The third kappa shape index (κ3) is 2.42. The van der Waals surface area contributed by atoms with Crippen LogP contribution in [0.3, 0.4) is 0 Å². The fourth-order valence-electron chi connectivity index (χ4n) is 2.08. The molecule has 2 rings (SSSR count). The number of hydrogen-bond acceptors (Lipinski definition) is 2. The van der Waals surface area contributed by atoms with Gasteiger partial charge >= 0.3 is 0 Å². The Morgan fingerprint density at radius 3 is 2.69 bits per heavy atom. The molecule has 1 atom stereocenters. The number of nitrogens with one attached hydrogen (secondary N) is 1. The smallest absolute Gasteiger partial charge is 0.126 e. The second kappa shape index (κ2) is 4.66. The van der Waals surface area contributed by atoms with Crippen molar-refractivity contribution in [3.63, 3.8) is 0 Å². The first-order chi connectivity index (χ1) is 7.66. The fourth-order valence-corrected chi connectivity index (χ4v) is 2.08. The minimum Gasteiger partial charge on any atom is -0.508 e. The maximum atomic E-state index is 12.8. The van der Waals surface area contributed by atoms with Crippen LogP contribution in [-0.4, -0.2) is 11.1 Å². The number of aromatic hydroxyl groups is 1. The summed E-state index contributed by atoms with van der Waals surface area (Å²) in [5.41, 5.74) is 0.744. The van der Waals surface area contributed by atoms with Gasteiger partial charge in [0, 0.05) is 23.7 Å². The molecule has 0 radical (unpaired) electrons. The highest BCUT2D eigenvalue weighted by Gasteiger charge is 2.16. The first-order valence-electron chi connectivity index (χ1n) is 5.56. The Bertz CT molecular complexity index is 395. The van der Waals surface area contributed by atoms with Crippen LogP contribution in [-0.2, 0) is 0 Å². The van der Waals surface area contributed by atoms with Gasteiger partial charge < -0.3 is 10.4 Å². The average molecular weight is 221 g/mol. The van der Waals surface area contributed by atoms with E-state index in [0.717, 1.165) is 24.5 Å². The Morgan fingerprint density at radius 1 is 1.38 bits per heavy atom. The first-order valence-corrected chi connectivity index (χ1v) is 5.56. The van der Waals surface area contributed by atoms with Crippen LogP contribution in [0, 0.1) is 5.82 Å². The predicted octanol–water partition coefficient (Wildman–Crippen LogP) is 2.90. The third-order valence-electron chi connectivity index (χ3n) is 2.95. The van der Waals surface area contributed by atoms with Crippen LogP contribution in [0.4, 0.5) is 4.39 Å². The number of phenolic OH excluding ortho intramolecular Hbond substituents is 1. The molecule has 1 aromatic rings. The molecule has 2 N–H and O–H groups in total. The van der Waals surface area contributed by atoms with Crippen molar-refractivity contribution in [2.75, 3.05) is 0 Å². The van der Waals surface area contributed by atoms with Crippen LogP contribution in [0.15, 0.2) is 30.4 Å². The van der Waals surface area contributed by atoms with E-state index in [-0.39, 0.29) is 11.8 Å². The van der Waals surface area contributed by atoms with Gasteiger partial charge in [0.1, 0.15) is 11.6 Å². The van der Waals surface area contributed by atoms with Crippen molar-refractivity contribution in [1.29, 1.82) is 0 Å². The average Bonchev–Trinajstić information content (AvgIpc) is 2.70. The molecule has 0 saturated heterocycles. The van der Waals surface area contributed by atoms with E-state index in [2.05, 4.69) is 17.5 Å². The highest BCUT2D eigenvalue weighted by Crippen LogP contribution is 2.26. The lowest BCUT2D eigenvalue weighted by atomic mass is 10.1. The van der Waals surface area contributed by atoms with E-state index in [9.17, 15) is 9.50 Å². The Balaban J connectivity index is 2.05. The van der Waals surface area contributed by atoms with Gasteiger partial charge in [0.15, 0.2) is 0 Å². The molecule has 1 aliphatic carbocycles. The maximum Gasteiger partial charge on any atom is 0.126 e. The second-order valence-corrected chi connectivity index (χ2v) is 4.23. The lowest BCUT2D eigenvalue weighted by Crippen LogP contribution is -2.29. The van der Waals surface area contributed by atoms with Gasteiger partial charge in [0.05, 0.1) is 0 Å². The largest absolute Gasteiger partial charge is 0.508 e. The number of phenols is 1. The molecule has 0 heterocycles. The van der Waals surface area contributed by atoms with Gasteiger partial charge in [-0.2, -0.15) is 0 Å². The van der Waals surface area contributed by atoms with Crippen LogP contribution in [0.1, 0.15) is 31.4 Å². The molecule has 0 aliphatic heterocycles. The Morgan fingerprint density at radius 2 is 2.06 bits per heavy atom. The molecule has 3 heteroatoms. The van der Waals surface area contributed by atoms with Gasteiger partial charge in [-0.05, 0) is 25.8 Å². The van der Waals surface area contributed by atoms with E-state index in [1.807, 2.05) is 6.92 Å². The molecule has 0 amide bonds. The predicted molar refractivity (Wildman–Crippen MR) is 61.8 cm³/mol. The second-order valence-electron chi connectivity index (χ2n) is 4.23. The van der Waals surface area contributed by atoms with Crippen LogP contribution < -0.4 is 5.32 Å². The van der Waals surface area contributed by atoms with Gasteiger partial charge in [-0.25, -0.2) is 4.39 Å². The van der Waals surface area contributed by atoms with Gasteiger partial charge in [0.25, 0.3) is 0 Å². The molecule has 2 nitrogen and oxygen atoms in total. The number of hydrogen-bond donors (Lipinski definition) is 2. The lowest BCUT2D eigenvalue weighted by molar-refractivity contribution is 0.427. The summed E-state index contributed by atoms with van der Waals surface area (Å²) >= 11 is 0. The summed E-state index contributed by atoms with van der Waals surface area (Å²) in [6.45, 7) is 1.98. The van der Waals surface area contributed by atoms with E-state index in [1.165, 1.54) is 6.07 Å². The summed E-state index contributed by atoms with van der Waals surface area (Å²) in [7, 11) is 0. The van der Waals surface area contributed by atoms with E-state index >= 15 is 0 Å². The van der Waals surface area contributed by atoms with Gasteiger partial charge in [0.2, 0.25) is 0 Å². The summed E-state index contributed by atoms with van der Waals surface area (Å²) in [6.07, 6.45) is 6.34. The molecule has 16 heavy (non-hydrogen) atoms. The quantitative estimate of drug-likeness (QED) is 0.769. The fraction of sp³-hybridized carbons (Fsp3) is 0.385. The van der Waals surface area contributed by atoms with Gasteiger partial charge in [-0.1, -0.05) is 18.2 Å². The van der Waals surface area contributed by atoms with E-state index < -0.39 is 5.82 Å². The maximum absolute atomic E-state index is 12.8.